The number of hydrogen-bond donors (Lipinski definition) is 0. The van der Waals surface area contributed by atoms with Gasteiger partial charge in [-0.2, -0.15) is 0 Å². The van der Waals surface area contributed by atoms with Gasteiger partial charge in [-0.1, -0.05) is 32.0 Å². The Balaban J connectivity index is 0.00000156. The number of aryl methyl sites for hydroxylation is 1. The van der Waals surface area contributed by atoms with Crippen LogP contribution in [-0.2, 0) is 24.8 Å². The van der Waals surface area contributed by atoms with Gasteiger partial charge in [0.05, 0.1) is 6.33 Å². The summed E-state index contributed by atoms with van der Waals surface area (Å²) in [6, 6.07) is 7.05. The summed E-state index contributed by atoms with van der Waals surface area (Å²) in [4.78, 5) is 4.21. The maximum atomic E-state index is 4.21. The molecule has 1 aromatic carbocycles. The van der Waals surface area contributed by atoms with Gasteiger partial charge in [0.1, 0.15) is 0 Å². The molecule has 2 aromatic rings. The van der Waals surface area contributed by atoms with Gasteiger partial charge >= 0.3 is 0 Å². The van der Waals surface area contributed by atoms with Crippen molar-refractivity contribution < 1.29 is 0 Å². The zero-order valence-electron chi connectivity index (χ0n) is 14.2. The third-order valence-electron chi connectivity index (χ3n) is 6.10. The molecule has 124 valence electrons. The Kier molecular flexibility index (Phi) is 4.55. The lowest BCUT2D eigenvalue weighted by atomic mass is 9.55. The van der Waals surface area contributed by atoms with Crippen LogP contribution in [0.5, 0.6) is 0 Å². The van der Waals surface area contributed by atoms with E-state index in [1.54, 1.807) is 16.7 Å². The van der Waals surface area contributed by atoms with Crippen LogP contribution in [0, 0.1) is 11.8 Å². The van der Waals surface area contributed by atoms with Crippen molar-refractivity contribution in [2.75, 3.05) is 0 Å². The fourth-order valence-electron chi connectivity index (χ4n) is 5.13. The first kappa shape index (κ1) is 16.6. The molecule has 0 N–H and O–H groups in total. The molecule has 2 nitrogen and oxygen atoms in total. The van der Waals surface area contributed by atoms with Gasteiger partial charge in [-0.05, 0) is 66.0 Å². The SMILES string of the molecule is CC(C)[C@@]12CCCc3cccc(c31)C[C@H](Cn1ccnc1)C2.Cl. The Bertz CT molecular complexity index is 662. The minimum atomic E-state index is 0. The number of benzene rings is 1. The fraction of sp³-hybridized carbons (Fsp3) is 0.550. The predicted octanol–water partition coefficient (Wildman–Crippen LogP) is 4.80. The summed E-state index contributed by atoms with van der Waals surface area (Å²) in [7, 11) is 0. The van der Waals surface area contributed by atoms with Crippen molar-refractivity contribution in [3.63, 3.8) is 0 Å². The molecule has 2 aliphatic carbocycles. The second-order valence-electron chi connectivity index (χ2n) is 7.65. The molecule has 0 fully saturated rings. The quantitative estimate of drug-likeness (QED) is 0.790. The molecule has 0 unspecified atom stereocenters. The number of hydrogen-bond acceptors (Lipinski definition) is 1. The Morgan fingerprint density at radius 3 is 2.87 bits per heavy atom. The molecule has 2 atom stereocenters. The zero-order chi connectivity index (χ0) is 15.2. The Morgan fingerprint density at radius 1 is 1.30 bits per heavy atom. The van der Waals surface area contributed by atoms with Crippen LogP contribution in [0.25, 0.3) is 0 Å². The maximum absolute atomic E-state index is 4.21. The smallest absolute Gasteiger partial charge is 0.0945 e. The first-order chi connectivity index (χ1) is 10.7. The van der Waals surface area contributed by atoms with E-state index in [9.17, 15) is 0 Å². The van der Waals surface area contributed by atoms with Gasteiger partial charge in [-0.25, -0.2) is 4.98 Å². The molecule has 0 saturated heterocycles. The van der Waals surface area contributed by atoms with Crippen molar-refractivity contribution in [2.45, 2.75) is 57.9 Å². The van der Waals surface area contributed by atoms with E-state index >= 15 is 0 Å². The molecule has 0 saturated carbocycles. The van der Waals surface area contributed by atoms with Gasteiger partial charge in [0.25, 0.3) is 0 Å². The van der Waals surface area contributed by atoms with Gasteiger partial charge in [0.2, 0.25) is 0 Å². The molecule has 4 rings (SSSR count). The topological polar surface area (TPSA) is 17.8 Å². The third kappa shape index (κ3) is 2.71. The van der Waals surface area contributed by atoms with Crippen LogP contribution in [0.15, 0.2) is 36.9 Å². The molecule has 1 aromatic heterocycles. The Hall–Kier alpha value is -1.28. The van der Waals surface area contributed by atoms with Crippen LogP contribution >= 0.6 is 12.4 Å². The second-order valence-corrected chi connectivity index (χ2v) is 7.65. The lowest BCUT2D eigenvalue weighted by molar-refractivity contribution is 0.175. The summed E-state index contributed by atoms with van der Waals surface area (Å²) in [5, 5.41) is 0. The highest BCUT2D eigenvalue weighted by Crippen LogP contribution is 2.52. The second kappa shape index (κ2) is 6.32. The summed E-state index contributed by atoms with van der Waals surface area (Å²) in [6.45, 7) is 5.98. The third-order valence-corrected chi connectivity index (χ3v) is 6.10. The first-order valence-electron chi connectivity index (χ1n) is 8.76. The highest BCUT2D eigenvalue weighted by molar-refractivity contribution is 5.85. The van der Waals surface area contributed by atoms with Crippen LogP contribution in [-0.4, -0.2) is 9.55 Å². The van der Waals surface area contributed by atoms with Gasteiger partial charge in [-0.3, -0.25) is 0 Å². The standard InChI is InChI=1S/C20H26N2.ClH/c1-15(2)20-8-4-7-17-5-3-6-18(19(17)20)11-16(12-20)13-22-10-9-21-14-22;/h3,5-6,9-10,14-16H,4,7-8,11-13H2,1-2H3;1H/t16-,20-;/m0./s1. The average molecular weight is 331 g/mol. The Labute approximate surface area is 145 Å². The van der Waals surface area contributed by atoms with Crippen molar-refractivity contribution in [1.82, 2.24) is 9.55 Å². The van der Waals surface area contributed by atoms with E-state index < -0.39 is 0 Å². The molecular weight excluding hydrogens is 304 g/mol. The fourth-order valence-corrected chi connectivity index (χ4v) is 5.13. The van der Waals surface area contributed by atoms with E-state index in [4.69, 9.17) is 0 Å². The number of halogens is 1. The zero-order valence-corrected chi connectivity index (χ0v) is 15.0. The molecule has 0 spiro atoms. The van der Waals surface area contributed by atoms with E-state index in [1.807, 2.05) is 12.5 Å². The number of imidazole rings is 1. The molecular formula is C20H27ClN2. The van der Waals surface area contributed by atoms with E-state index in [1.165, 1.54) is 32.1 Å². The number of aromatic nitrogens is 2. The van der Waals surface area contributed by atoms with E-state index in [-0.39, 0.29) is 12.4 Å². The largest absolute Gasteiger partial charge is 0.337 e. The van der Waals surface area contributed by atoms with Crippen molar-refractivity contribution >= 4 is 12.4 Å². The number of nitrogens with zero attached hydrogens (tertiary/aromatic N) is 2. The van der Waals surface area contributed by atoms with E-state index in [0.717, 1.165) is 18.4 Å². The van der Waals surface area contributed by atoms with Crippen LogP contribution in [0.1, 0.15) is 49.8 Å². The normalized spacial score (nSPS) is 25.8. The summed E-state index contributed by atoms with van der Waals surface area (Å²) in [6.07, 6.45) is 12.5. The summed E-state index contributed by atoms with van der Waals surface area (Å²) >= 11 is 0. The van der Waals surface area contributed by atoms with Crippen LogP contribution in [0.4, 0.5) is 0 Å². The van der Waals surface area contributed by atoms with Crippen molar-refractivity contribution in [1.29, 1.82) is 0 Å². The van der Waals surface area contributed by atoms with Crippen molar-refractivity contribution in [2.24, 2.45) is 11.8 Å². The molecule has 2 aliphatic rings. The first-order valence-corrected chi connectivity index (χ1v) is 8.76. The lowest BCUT2D eigenvalue weighted by Crippen LogP contribution is -2.43. The maximum Gasteiger partial charge on any atom is 0.0945 e. The van der Waals surface area contributed by atoms with E-state index in [0.29, 0.717) is 5.41 Å². The predicted molar refractivity (Wildman–Crippen MR) is 97.2 cm³/mol. The van der Waals surface area contributed by atoms with Crippen LogP contribution < -0.4 is 0 Å². The summed E-state index contributed by atoms with van der Waals surface area (Å²) < 4.78 is 2.26. The van der Waals surface area contributed by atoms with Gasteiger partial charge in [-0.15, -0.1) is 12.4 Å². The summed E-state index contributed by atoms with van der Waals surface area (Å²) in [5.74, 6) is 1.45. The van der Waals surface area contributed by atoms with Gasteiger partial charge in [0.15, 0.2) is 0 Å². The molecule has 3 heteroatoms. The van der Waals surface area contributed by atoms with Crippen molar-refractivity contribution in [3.05, 3.63) is 53.6 Å². The molecule has 1 heterocycles. The van der Waals surface area contributed by atoms with Gasteiger partial charge in [0, 0.05) is 18.9 Å². The molecule has 0 amide bonds. The average Bonchev–Trinajstić information content (AvgIpc) is 3.00. The highest BCUT2D eigenvalue weighted by atomic mass is 35.5. The van der Waals surface area contributed by atoms with Crippen molar-refractivity contribution in [3.8, 4) is 0 Å². The molecule has 0 aliphatic heterocycles. The lowest BCUT2D eigenvalue weighted by Gasteiger charge is -2.49. The summed E-state index contributed by atoms with van der Waals surface area (Å²) in [5.41, 5.74) is 5.41. The number of rotatable bonds is 3. The minimum absolute atomic E-state index is 0. The molecule has 23 heavy (non-hydrogen) atoms. The molecule has 0 bridgehead atoms. The molecule has 0 radical (unpaired) electrons. The monoisotopic (exact) mass is 330 g/mol. The van der Waals surface area contributed by atoms with Crippen LogP contribution in [0.3, 0.4) is 0 Å². The van der Waals surface area contributed by atoms with Crippen LogP contribution in [0.2, 0.25) is 0 Å². The highest BCUT2D eigenvalue weighted by Gasteiger charge is 2.45. The van der Waals surface area contributed by atoms with Gasteiger partial charge < -0.3 is 4.57 Å². The van der Waals surface area contributed by atoms with E-state index in [2.05, 4.69) is 47.8 Å². The minimum Gasteiger partial charge on any atom is -0.337 e. The Morgan fingerprint density at radius 2 is 2.13 bits per heavy atom.